The van der Waals surface area contributed by atoms with Crippen molar-refractivity contribution in [3.63, 3.8) is 0 Å². The summed E-state index contributed by atoms with van der Waals surface area (Å²) in [5.74, 6) is 0.819. The summed E-state index contributed by atoms with van der Waals surface area (Å²) in [6.45, 7) is 3.96. The first-order valence-electron chi connectivity index (χ1n) is 11.4. The van der Waals surface area contributed by atoms with E-state index in [1.54, 1.807) is 30.0 Å². The Morgan fingerprint density at radius 1 is 1.18 bits per heavy atom. The van der Waals surface area contributed by atoms with Gasteiger partial charge in [0.15, 0.2) is 0 Å². The van der Waals surface area contributed by atoms with E-state index in [1.165, 1.54) is 10.4 Å². The monoisotopic (exact) mass is 490 g/mol. The van der Waals surface area contributed by atoms with E-state index in [-0.39, 0.29) is 16.9 Å². The van der Waals surface area contributed by atoms with Crippen molar-refractivity contribution in [3.05, 3.63) is 48.0 Å². The number of amides is 1. The van der Waals surface area contributed by atoms with E-state index in [4.69, 9.17) is 9.47 Å². The Bertz CT molecular complexity index is 1080. The standard InChI is InChI=1S/C24H30N2O5S2/c1-2-30-21-12-11-18(16-23(21)33(28,29)26-13-5-6-14-26)25-24(27)20-9-3-4-10-22(20)32-17-19-8-7-15-31-19/h3-4,9-12,16,19H,2,5-8,13-15,17H2,1H3,(H,25,27). The third-order valence-electron chi connectivity index (χ3n) is 5.76. The molecule has 178 valence electrons. The smallest absolute Gasteiger partial charge is 0.256 e. The first-order chi connectivity index (χ1) is 16.0. The molecule has 33 heavy (non-hydrogen) atoms. The van der Waals surface area contributed by atoms with Crippen LogP contribution < -0.4 is 10.1 Å². The van der Waals surface area contributed by atoms with Gasteiger partial charge in [-0.1, -0.05) is 12.1 Å². The number of sulfonamides is 1. The number of hydrogen-bond acceptors (Lipinski definition) is 6. The van der Waals surface area contributed by atoms with Crippen molar-refractivity contribution in [2.75, 3.05) is 37.4 Å². The van der Waals surface area contributed by atoms with Crippen molar-refractivity contribution in [1.82, 2.24) is 4.31 Å². The molecular formula is C24H30N2O5S2. The Labute approximate surface area is 199 Å². The summed E-state index contributed by atoms with van der Waals surface area (Å²) in [6, 6.07) is 12.2. The maximum Gasteiger partial charge on any atom is 0.256 e. The molecule has 2 saturated heterocycles. The molecule has 2 aromatic carbocycles. The number of carbonyl (C=O) groups excluding carboxylic acids is 1. The number of benzene rings is 2. The summed E-state index contributed by atoms with van der Waals surface area (Å²) in [6.07, 6.45) is 4.03. The van der Waals surface area contributed by atoms with Crippen molar-refractivity contribution in [2.24, 2.45) is 0 Å². The fourth-order valence-corrected chi connectivity index (χ4v) is 6.86. The molecule has 2 heterocycles. The third kappa shape index (κ3) is 5.71. The fraction of sp³-hybridized carbons (Fsp3) is 0.458. The van der Waals surface area contributed by atoms with Crippen molar-refractivity contribution in [1.29, 1.82) is 0 Å². The summed E-state index contributed by atoms with van der Waals surface area (Å²) in [4.78, 5) is 14.1. The Morgan fingerprint density at radius 2 is 1.97 bits per heavy atom. The quantitative estimate of drug-likeness (QED) is 0.525. The second-order valence-electron chi connectivity index (χ2n) is 8.10. The van der Waals surface area contributed by atoms with E-state index in [9.17, 15) is 13.2 Å². The van der Waals surface area contributed by atoms with Gasteiger partial charge in [0, 0.05) is 36.0 Å². The lowest BCUT2D eigenvalue weighted by atomic mass is 10.2. The Kier molecular flexibility index (Phi) is 7.95. The van der Waals surface area contributed by atoms with Crippen LogP contribution in [0.3, 0.4) is 0 Å². The van der Waals surface area contributed by atoms with Crippen LogP contribution in [0.2, 0.25) is 0 Å². The maximum absolute atomic E-state index is 13.2. The van der Waals surface area contributed by atoms with Gasteiger partial charge in [-0.05, 0) is 62.9 Å². The van der Waals surface area contributed by atoms with Gasteiger partial charge in [0.25, 0.3) is 5.91 Å². The molecule has 1 atom stereocenters. The van der Waals surface area contributed by atoms with Crippen molar-refractivity contribution in [2.45, 2.75) is 48.5 Å². The van der Waals surface area contributed by atoms with Gasteiger partial charge in [0.2, 0.25) is 10.0 Å². The maximum atomic E-state index is 13.2. The van der Waals surface area contributed by atoms with Crippen LogP contribution in [0.4, 0.5) is 5.69 Å². The van der Waals surface area contributed by atoms with Gasteiger partial charge < -0.3 is 14.8 Å². The molecule has 1 amide bonds. The SMILES string of the molecule is CCOc1ccc(NC(=O)c2ccccc2SCC2CCCO2)cc1S(=O)(=O)N1CCCC1. The van der Waals surface area contributed by atoms with Gasteiger partial charge in [-0.15, -0.1) is 11.8 Å². The molecular weight excluding hydrogens is 460 g/mol. The highest BCUT2D eigenvalue weighted by molar-refractivity contribution is 7.99. The van der Waals surface area contributed by atoms with Crippen molar-refractivity contribution in [3.8, 4) is 5.75 Å². The zero-order valence-corrected chi connectivity index (χ0v) is 20.4. The summed E-state index contributed by atoms with van der Waals surface area (Å²) in [5.41, 5.74) is 0.971. The third-order valence-corrected chi connectivity index (χ3v) is 8.89. The number of rotatable bonds is 9. The number of nitrogens with zero attached hydrogens (tertiary/aromatic N) is 1. The van der Waals surface area contributed by atoms with Gasteiger partial charge >= 0.3 is 0 Å². The van der Waals surface area contributed by atoms with Crippen LogP contribution >= 0.6 is 11.8 Å². The van der Waals surface area contributed by atoms with Crippen LogP contribution in [0, 0.1) is 0 Å². The molecule has 2 fully saturated rings. The second kappa shape index (κ2) is 10.9. The minimum absolute atomic E-state index is 0.0880. The number of hydrogen-bond donors (Lipinski definition) is 1. The number of carbonyl (C=O) groups is 1. The average Bonchev–Trinajstić information content (AvgIpc) is 3.54. The molecule has 7 nitrogen and oxygen atoms in total. The molecule has 0 bridgehead atoms. The van der Waals surface area contributed by atoms with Crippen LogP contribution in [0.25, 0.3) is 0 Å². The number of ether oxygens (including phenoxy) is 2. The molecule has 9 heteroatoms. The Hall–Kier alpha value is -2.07. The number of anilines is 1. The minimum Gasteiger partial charge on any atom is -0.492 e. The highest BCUT2D eigenvalue weighted by Crippen LogP contribution is 2.32. The van der Waals surface area contributed by atoms with Gasteiger partial charge in [0.05, 0.1) is 18.3 Å². The van der Waals surface area contributed by atoms with Gasteiger partial charge in [-0.25, -0.2) is 8.42 Å². The average molecular weight is 491 g/mol. The van der Waals surface area contributed by atoms with Crippen molar-refractivity contribution >= 4 is 33.4 Å². The Balaban J connectivity index is 1.55. The molecule has 1 unspecified atom stereocenters. The lowest BCUT2D eigenvalue weighted by Crippen LogP contribution is -2.28. The van der Waals surface area contributed by atoms with Crippen LogP contribution in [0.5, 0.6) is 5.75 Å². The summed E-state index contributed by atoms with van der Waals surface area (Å²) < 4.78 is 39.2. The molecule has 2 aromatic rings. The summed E-state index contributed by atoms with van der Waals surface area (Å²) in [7, 11) is -3.70. The molecule has 0 aliphatic carbocycles. The van der Waals surface area contributed by atoms with E-state index >= 15 is 0 Å². The number of thioether (sulfide) groups is 1. The van der Waals surface area contributed by atoms with Crippen LogP contribution in [0.1, 0.15) is 43.0 Å². The fourth-order valence-electron chi connectivity index (χ4n) is 4.07. The molecule has 4 rings (SSSR count). The van der Waals surface area contributed by atoms with Crippen LogP contribution in [-0.4, -0.2) is 56.8 Å². The van der Waals surface area contributed by atoms with E-state index < -0.39 is 10.0 Å². The topological polar surface area (TPSA) is 84.9 Å². The molecule has 0 radical (unpaired) electrons. The lowest BCUT2D eigenvalue weighted by molar-refractivity contribution is 0.102. The first-order valence-corrected chi connectivity index (χ1v) is 13.8. The summed E-state index contributed by atoms with van der Waals surface area (Å²) >= 11 is 1.61. The first kappa shape index (κ1) is 24.1. The second-order valence-corrected chi connectivity index (χ2v) is 11.1. The van der Waals surface area contributed by atoms with E-state index in [0.717, 1.165) is 42.9 Å². The molecule has 0 saturated carbocycles. The van der Waals surface area contributed by atoms with Gasteiger partial charge in [-0.2, -0.15) is 4.31 Å². The van der Waals surface area contributed by atoms with Crippen LogP contribution in [0.15, 0.2) is 52.3 Å². The zero-order chi connectivity index (χ0) is 23.3. The largest absolute Gasteiger partial charge is 0.492 e. The van der Waals surface area contributed by atoms with Crippen LogP contribution in [-0.2, 0) is 14.8 Å². The highest BCUT2D eigenvalue weighted by Gasteiger charge is 2.30. The molecule has 1 N–H and O–H groups in total. The van der Waals surface area contributed by atoms with Gasteiger partial charge in [-0.3, -0.25) is 4.79 Å². The molecule has 2 aliphatic rings. The highest BCUT2D eigenvalue weighted by atomic mass is 32.2. The van der Waals surface area contributed by atoms with E-state index in [1.807, 2.05) is 25.1 Å². The molecule has 0 aromatic heterocycles. The van der Waals surface area contributed by atoms with E-state index in [2.05, 4.69) is 5.32 Å². The number of nitrogens with one attached hydrogen (secondary N) is 1. The minimum atomic E-state index is -3.70. The van der Waals surface area contributed by atoms with E-state index in [0.29, 0.717) is 36.7 Å². The lowest BCUT2D eigenvalue weighted by Gasteiger charge is -2.19. The molecule has 0 spiro atoms. The molecule has 2 aliphatic heterocycles. The normalized spacial score (nSPS) is 19.0. The zero-order valence-electron chi connectivity index (χ0n) is 18.8. The van der Waals surface area contributed by atoms with Crippen molar-refractivity contribution < 1.29 is 22.7 Å². The van der Waals surface area contributed by atoms with Gasteiger partial charge in [0.1, 0.15) is 10.6 Å². The summed E-state index contributed by atoms with van der Waals surface area (Å²) in [5, 5.41) is 2.88. The predicted molar refractivity (Wildman–Crippen MR) is 130 cm³/mol. The predicted octanol–water partition coefficient (Wildman–Crippen LogP) is 4.39. The Morgan fingerprint density at radius 3 is 2.70 bits per heavy atom.